The molecule has 7 nitrogen and oxygen atoms in total. The Hall–Kier alpha value is -2.81. The van der Waals surface area contributed by atoms with Crippen LogP contribution in [0.4, 0.5) is 0 Å². The van der Waals surface area contributed by atoms with E-state index in [1.807, 2.05) is 13.0 Å². The van der Waals surface area contributed by atoms with Crippen molar-refractivity contribution in [3.05, 3.63) is 63.9 Å². The van der Waals surface area contributed by atoms with Crippen molar-refractivity contribution in [2.75, 3.05) is 6.26 Å². The van der Waals surface area contributed by atoms with Gasteiger partial charge in [0.25, 0.3) is 5.56 Å². The SMILES string of the molecule is Cc1cncc(-c2ccc(-c3cc4cnc([S+](C)[O-])nc4[nH]c3=O)c(Cl)c2)n1. The van der Waals surface area contributed by atoms with Crippen molar-refractivity contribution < 1.29 is 4.55 Å². The summed E-state index contributed by atoms with van der Waals surface area (Å²) < 4.78 is 11.5. The maximum atomic E-state index is 12.6. The minimum Gasteiger partial charge on any atom is -0.609 e. The maximum Gasteiger partial charge on any atom is 0.344 e. The summed E-state index contributed by atoms with van der Waals surface area (Å²) in [5, 5.41) is 1.20. The molecule has 1 atom stereocenters. The van der Waals surface area contributed by atoms with Gasteiger partial charge >= 0.3 is 5.16 Å². The number of nitrogens with zero attached hydrogens (tertiary/aromatic N) is 4. The van der Waals surface area contributed by atoms with Gasteiger partial charge in [0, 0.05) is 50.7 Å². The molecule has 0 aliphatic carbocycles. The quantitative estimate of drug-likeness (QED) is 0.410. The van der Waals surface area contributed by atoms with Gasteiger partial charge in [0.15, 0.2) is 0 Å². The van der Waals surface area contributed by atoms with Crippen molar-refractivity contribution in [1.29, 1.82) is 0 Å². The largest absolute Gasteiger partial charge is 0.609 e. The van der Waals surface area contributed by atoms with E-state index in [4.69, 9.17) is 11.6 Å². The number of pyridine rings is 1. The minimum absolute atomic E-state index is 0.164. The van der Waals surface area contributed by atoms with E-state index in [1.165, 1.54) is 12.5 Å². The first-order chi connectivity index (χ1) is 13.4. The molecule has 9 heteroatoms. The van der Waals surface area contributed by atoms with Crippen molar-refractivity contribution in [2.45, 2.75) is 12.1 Å². The number of aromatic amines is 1. The number of halogens is 1. The highest BCUT2D eigenvalue weighted by Crippen LogP contribution is 2.31. The molecule has 1 aromatic carbocycles. The Balaban J connectivity index is 1.80. The van der Waals surface area contributed by atoms with Crippen LogP contribution in [0.3, 0.4) is 0 Å². The molecule has 0 amide bonds. The average molecular weight is 412 g/mol. The van der Waals surface area contributed by atoms with Gasteiger partial charge in [0.05, 0.1) is 17.6 Å². The maximum absolute atomic E-state index is 12.6. The van der Waals surface area contributed by atoms with Crippen LogP contribution in [0.2, 0.25) is 5.02 Å². The van der Waals surface area contributed by atoms with Gasteiger partial charge in [0.1, 0.15) is 11.9 Å². The summed E-state index contributed by atoms with van der Waals surface area (Å²) >= 11 is 5.14. The summed E-state index contributed by atoms with van der Waals surface area (Å²) in [4.78, 5) is 32.1. The molecular formula is C19H14ClN5O2S. The lowest BCUT2D eigenvalue weighted by Gasteiger charge is -2.08. The highest BCUT2D eigenvalue weighted by Gasteiger charge is 2.14. The van der Waals surface area contributed by atoms with Crippen molar-refractivity contribution in [1.82, 2.24) is 24.9 Å². The molecule has 28 heavy (non-hydrogen) atoms. The fourth-order valence-corrected chi connectivity index (χ4v) is 3.51. The Labute approximate surface area is 168 Å². The summed E-state index contributed by atoms with van der Waals surface area (Å²) in [5.41, 5.74) is 3.28. The van der Waals surface area contributed by atoms with Crippen LogP contribution in [0.1, 0.15) is 5.69 Å². The molecule has 140 valence electrons. The number of rotatable bonds is 3. The Morgan fingerprint density at radius 1 is 1.11 bits per heavy atom. The number of aryl methyl sites for hydroxylation is 1. The second-order valence-corrected chi connectivity index (χ2v) is 7.84. The zero-order chi connectivity index (χ0) is 19.8. The first-order valence-corrected chi connectivity index (χ1v) is 10.2. The fourth-order valence-electron chi connectivity index (χ4n) is 2.81. The van der Waals surface area contributed by atoms with Gasteiger partial charge in [-0.05, 0) is 19.1 Å². The molecule has 0 radical (unpaired) electrons. The molecule has 3 heterocycles. The number of aromatic nitrogens is 5. The summed E-state index contributed by atoms with van der Waals surface area (Å²) in [5.74, 6) is 0. The van der Waals surface area contributed by atoms with Crippen LogP contribution in [0, 0.1) is 6.92 Å². The van der Waals surface area contributed by atoms with Gasteiger partial charge in [-0.1, -0.05) is 23.7 Å². The van der Waals surface area contributed by atoms with Crippen LogP contribution in [-0.4, -0.2) is 35.7 Å². The first-order valence-electron chi connectivity index (χ1n) is 8.25. The second-order valence-electron chi connectivity index (χ2n) is 6.16. The molecule has 3 aromatic heterocycles. The van der Waals surface area contributed by atoms with E-state index in [2.05, 4.69) is 24.9 Å². The first kappa shape index (κ1) is 18.5. The Morgan fingerprint density at radius 3 is 2.64 bits per heavy atom. The summed E-state index contributed by atoms with van der Waals surface area (Å²) in [6.45, 7) is 1.86. The normalized spacial score (nSPS) is 12.3. The van der Waals surface area contributed by atoms with Crippen LogP contribution in [0.25, 0.3) is 33.4 Å². The highest BCUT2D eigenvalue weighted by molar-refractivity contribution is 7.90. The zero-order valence-electron chi connectivity index (χ0n) is 14.9. The van der Waals surface area contributed by atoms with E-state index < -0.39 is 11.2 Å². The van der Waals surface area contributed by atoms with Gasteiger partial charge < -0.3 is 9.54 Å². The molecule has 4 aromatic rings. The van der Waals surface area contributed by atoms with Gasteiger partial charge in [-0.15, -0.1) is 0 Å². The number of hydrogen-bond donors (Lipinski definition) is 1. The van der Waals surface area contributed by atoms with Gasteiger partial charge in [0.2, 0.25) is 0 Å². The molecule has 0 aliphatic rings. The van der Waals surface area contributed by atoms with E-state index in [-0.39, 0.29) is 10.7 Å². The van der Waals surface area contributed by atoms with Crippen LogP contribution in [0.5, 0.6) is 0 Å². The van der Waals surface area contributed by atoms with E-state index in [1.54, 1.807) is 30.6 Å². The molecule has 4 rings (SSSR count). The highest BCUT2D eigenvalue weighted by atomic mass is 35.5. The number of benzene rings is 1. The standard InChI is InChI=1S/C19H14ClN5O2S/c1-10-7-21-9-16(23-10)11-3-4-13(15(20)6-11)14-5-12-8-22-19(28(2)27)25-17(12)24-18(14)26/h3-9H,1-2H3,(H,22,24,25,26). The Bertz CT molecular complexity index is 1260. The van der Waals surface area contributed by atoms with Crippen molar-refractivity contribution >= 4 is 33.8 Å². The van der Waals surface area contributed by atoms with Crippen LogP contribution < -0.4 is 5.56 Å². The van der Waals surface area contributed by atoms with Gasteiger partial charge in [-0.2, -0.15) is 9.97 Å². The number of H-pyrrole nitrogens is 1. The lowest BCUT2D eigenvalue weighted by molar-refractivity contribution is 0.592. The van der Waals surface area contributed by atoms with Crippen LogP contribution in [0.15, 0.2) is 52.8 Å². The topological polar surface area (TPSA) is 107 Å². The third-order valence-electron chi connectivity index (χ3n) is 4.14. The molecule has 0 bridgehead atoms. The Morgan fingerprint density at radius 2 is 1.93 bits per heavy atom. The van der Waals surface area contributed by atoms with Crippen molar-refractivity contribution in [3.63, 3.8) is 0 Å². The summed E-state index contributed by atoms with van der Waals surface area (Å²) in [7, 11) is 0. The third kappa shape index (κ3) is 3.49. The minimum atomic E-state index is -1.34. The molecule has 0 aliphatic heterocycles. The smallest absolute Gasteiger partial charge is 0.344 e. The predicted molar refractivity (Wildman–Crippen MR) is 109 cm³/mol. The predicted octanol–water partition coefficient (Wildman–Crippen LogP) is 3.14. The van der Waals surface area contributed by atoms with E-state index in [9.17, 15) is 9.35 Å². The molecule has 0 fully saturated rings. The number of nitrogens with one attached hydrogen (secondary N) is 1. The number of fused-ring (bicyclic) bond motifs is 1. The van der Waals surface area contributed by atoms with Crippen molar-refractivity contribution in [2.24, 2.45) is 0 Å². The van der Waals surface area contributed by atoms with E-state index >= 15 is 0 Å². The van der Waals surface area contributed by atoms with Gasteiger partial charge in [-0.25, -0.2) is 4.98 Å². The number of hydrogen-bond acceptors (Lipinski definition) is 6. The molecular weight excluding hydrogens is 398 g/mol. The molecule has 1 N–H and O–H groups in total. The lowest BCUT2D eigenvalue weighted by atomic mass is 10.0. The molecule has 1 unspecified atom stereocenters. The average Bonchev–Trinajstić information content (AvgIpc) is 2.67. The van der Waals surface area contributed by atoms with Gasteiger partial charge in [-0.3, -0.25) is 9.78 Å². The van der Waals surface area contributed by atoms with Crippen LogP contribution in [-0.2, 0) is 11.2 Å². The van der Waals surface area contributed by atoms with Crippen molar-refractivity contribution in [3.8, 4) is 22.4 Å². The third-order valence-corrected chi connectivity index (χ3v) is 5.16. The van der Waals surface area contributed by atoms with E-state index in [0.717, 1.165) is 11.3 Å². The second kappa shape index (κ2) is 7.31. The molecule has 0 saturated carbocycles. The Kier molecular flexibility index (Phi) is 4.84. The van der Waals surface area contributed by atoms with Crippen LogP contribution >= 0.6 is 11.6 Å². The lowest BCUT2D eigenvalue weighted by Crippen LogP contribution is -2.12. The zero-order valence-corrected chi connectivity index (χ0v) is 16.5. The fraction of sp³-hybridized carbons (Fsp3) is 0.105. The summed E-state index contributed by atoms with van der Waals surface area (Å²) in [6.07, 6.45) is 6.35. The monoisotopic (exact) mass is 411 g/mol. The van der Waals surface area contributed by atoms with E-state index in [0.29, 0.717) is 32.9 Å². The molecule has 0 spiro atoms. The molecule has 0 saturated heterocycles. The summed E-state index contributed by atoms with van der Waals surface area (Å²) in [6, 6.07) is 7.04.